The summed E-state index contributed by atoms with van der Waals surface area (Å²) in [6.45, 7) is 4.53. The summed E-state index contributed by atoms with van der Waals surface area (Å²) in [7, 11) is 0. The molecule has 1 unspecified atom stereocenters. The van der Waals surface area contributed by atoms with E-state index in [0.717, 1.165) is 35.8 Å². The van der Waals surface area contributed by atoms with Gasteiger partial charge in [0.25, 0.3) is 0 Å². The minimum Gasteiger partial charge on any atom is -0.448 e. The lowest BCUT2D eigenvalue weighted by atomic mass is 10.1. The summed E-state index contributed by atoms with van der Waals surface area (Å²) in [5.74, 6) is 1.83. The molecule has 114 valence electrons. The maximum atomic E-state index is 5.61. The average Bonchev–Trinajstić information content (AvgIpc) is 3.25. The number of pyridine rings is 1. The van der Waals surface area contributed by atoms with E-state index in [1.54, 1.807) is 12.5 Å². The van der Waals surface area contributed by atoms with Gasteiger partial charge in [0.05, 0.1) is 6.26 Å². The fraction of sp³-hybridized carbons (Fsp3) is 0.412. The highest BCUT2D eigenvalue weighted by molar-refractivity contribution is 5.73. The zero-order chi connectivity index (χ0) is 14.9. The number of imidazole rings is 1. The second-order valence-electron chi connectivity index (χ2n) is 5.79. The lowest BCUT2D eigenvalue weighted by Gasteiger charge is -2.22. The fourth-order valence-electron chi connectivity index (χ4n) is 3.48. The SMILES string of the molecule is CCN1CCCC1Cc1nc2cccnc2n1-c1ccco1. The molecule has 1 saturated heterocycles. The maximum absolute atomic E-state index is 5.61. The first-order valence-electron chi connectivity index (χ1n) is 7.97. The molecule has 4 heterocycles. The predicted octanol–water partition coefficient (Wildman–Crippen LogP) is 3.04. The molecule has 22 heavy (non-hydrogen) atoms. The molecule has 1 atom stereocenters. The van der Waals surface area contributed by atoms with Gasteiger partial charge in [0.15, 0.2) is 5.65 Å². The van der Waals surface area contributed by atoms with Gasteiger partial charge in [-0.1, -0.05) is 6.92 Å². The molecule has 3 aromatic rings. The van der Waals surface area contributed by atoms with Crippen molar-refractivity contribution in [3.8, 4) is 5.88 Å². The quantitative estimate of drug-likeness (QED) is 0.742. The van der Waals surface area contributed by atoms with Gasteiger partial charge in [-0.15, -0.1) is 0 Å². The van der Waals surface area contributed by atoms with Crippen molar-refractivity contribution in [2.75, 3.05) is 13.1 Å². The molecule has 5 nitrogen and oxygen atoms in total. The van der Waals surface area contributed by atoms with Gasteiger partial charge in [-0.25, -0.2) is 14.5 Å². The van der Waals surface area contributed by atoms with Crippen LogP contribution in [0.1, 0.15) is 25.6 Å². The van der Waals surface area contributed by atoms with Gasteiger partial charge in [-0.3, -0.25) is 0 Å². The van der Waals surface area contributed by atoms with Crippen LogP contribution >= 0.6 is 0 Å². The highest BCUT2D eigenvalue weighted by Crippen LogP contribution is 2.25. The van der Waals surface area contributed by atoms with Crippen molar-refractivity contribution >= 4 is 11.2 Å². The summed E-state index contributed by atoms with van der Waals surface area (Å²) in [6, 6.07) is 8.38. The summed E-state index contributed by atoms with van der Waals surface area (Å²) < 4.78 is 7.67. The van der Waals surface area contributed by atoms with Crippen LogP contribution in [-0.2, 0) is 6.42 Å². The zero-order valence-corrected chi connectivity index (χ0v) is 12.8. The van der Waals surface area contributed by atoms with Gasteiger partial charge in [-0.05, 0) is 44.1 Å². The smallest absolute Gasteiger partial charge is 0.206 e. The second kappa shape index (κ2) is 5.57. The molecule has 1 fully saturated rings. The van der Waals surface area contributed by atoms with E-state index in [9.17, 15) is 0 Å². The van der Waals surface area contributed by atoms with Crippen molar-refractivity contribution in [3.63, 3.8) is 0 Å². The molecular weight excluding hydrogens is 276 g/mol. The Hall–Kier alpha value is -2.14. The van der Waals surface area contributed by atoms with Gasteiger partial charge in [0, 0.05) is 24.7 Å². The molecule has 0 spiro atoms. The number of aromatic nitrogens is 3. The van der Waals surface area contributed by atoms with Crippen molar-refractivity contribution in [3.05, 3.63) is 42.5 Å². The second-order valence-corrected chi connectivity index (χ2v) is 5.79. The largest absolute Gasteiger partial charge is 0.448 e. The molecule has 0 bridgehead atoms. The minimum absolute atomic E-state index is 0.565. The third kappa shape index (κ3) is 2.22. The lowest BCUT2D eigenvalue weighted by molar-refractivity contribution is 0.262. The maximum Gasteiger partial charge on any atom is 0.206 e. The predicted molar refractivity (Wildman–Crippen MR) is 85.1 cm³/mol. The van der Waals surface area contributed by atoms with Crippen LogP contribution in [0.4, 0.5) is 0 Å². The Morgan fingerprint density at radius 2 is 2.27 bits per heavy atom. The third-order valence-corrected chi connectivity index (χ3v) is 4.54. The third-order valence-electron chi connectivity index (χ3n) is 4.54. The van der Waals surface area contributed by atoms with E-state index >= 15 is 0 Å². The molecule has 5 heteroatoms. The lowest BCUT2D eigenvalue weighted by Crippen LogP contribution is -2.31. The Kier molecular flexibility index (Phi) is 3.42. The van der Waals surface area contributed by atoms with E-state index in [1.807, 2.05) is 24.3 Å². The highest BCUT2D eigenvalue weighted by atomic mass is 16.3. The van der Waals surface area contributed by atoms with Crippen LogP contribution in [0.25, 0.3) is 17.0 Å². The van der Waals surface area contributed by atoms with Crippen LogP contribution in [0.3, 0.4) is 0 Å². The molecule has 0 aliphatic carbocycles. The van der Waals surface area contributed by atoms with Crippen LogP contribution in [0.15, 0.2) is 41.1 Å². The molecule has 3 aromatic heterocycles. The topological polar surface area (TPSA) is 47.1 Å². The zero-order valence-electron chi connectivity index (χ0n) is 12.8. The monoisotopic (exact) mass is 296 g/mol. The van der Waals surface area contributed by atoms with Crippen LogP contribution in [0.2, 0.25) is 0 Å². The van der Waals surface area contributed by atoms with Gasteiger partial charge in [0.1, 0.15) is 11.3 Å². The first kappa shape index (κ1) is 13.5. The van der Waals surface area contributed by atoms with E-state index in [1.165, 1.54) is 19.4 Å². The normalized spacial score (nSPS) is 19.2. The number of rotatable bonds is 4. The van der Waals surface area contributed by atoms with Crippen molar-refractivity contribution in [1.29, 1.82) is 0 Å². The van der Waals surface area contributed by atoms with E-state index in [2.05, 4.69) is 21.4 Å². The van der Waals surface area contributed by atoms with E-state index < -0.39 is 0 Å². The Morgan fingerprint density at radius 3 is 3.09 bits per heavy atom. The molecule has 1 aliphatic heterocycles. The fourth-order valence-corrected chi connectivity index (χ4v) is 3.48. The molecule has 0 radical (unpaired) electrons. The standard InChI is InChI=1S/C17H20N4O/c1-2-20-10-4-6-13(20)12-15-19-14-7-3-9-18-17(14)21(15)16-8-5-11-22-16/h3,5,7-9,11,13H,2,4,6,10,12H2,1H3. The summed E-state index contributed by atoms with van der Waals surface area (Å²) >= 11 is 0. The first-order chi connectivity index (χ1) is 10.9. The number of likely N-dealkylation sites (N-methyl/N-ethyl adjacent to an activating group) is 1. The van der Waals surface area contributed by atoms with Crippen LogP contribution in [0, 0.1) is 0 Å². The molecular formula is C17H20N4O. The summed E-state index contributed by atoms with van der Waals surface area (Å²) in [5, 5.41) is 0. The average molecular weight is 296 g/mol. The van der Waals surface area contributed by atoms with Gasteiger partial charge in [-0.2, -0.15) is 0 Å². The van der Waals surface area contributed by atoms with Crippen molar-refractivity contribution in [1.82, 2.24) is 19.4 Å². The Morgan fingerprint density at radius 1 is 1.32 bits per heavy atom. The van der Waals surface area contributed by atoms with Crippen LogP contribution in [-0.4, -0.2) is 38.6 Å². The summed E-state index contributed by atoms with van der Waals surface area (Å²) in [5.41, 5.74) is 1.79. The number of nitrogens with zero attached hydrogens (tertiary/aromatic N) is 4. The van der Waals surface area contributed by atoms with E-state index in [0.29, 0.717) is 6.04 Å². The number of fused-ring (bicyclic) bond motifs is 1. The number of furan rings is 1. The highest BCUT2D eigenvalue weighted by Gasteiger charge is 2.26. The van der Waals surface area contributed by atoms with Crippen molar-refractivity contribution in [2.24, 2.45) is 0 Å². The van der Waals surface area contributed by atoms with Crippen LogP contribution < -0.4 is 0 Å². The molecule has 0 amide bonds. The number of hydrogen-bond acceptors (Lipinski definition) is 4. The molecule has 1 aliphatic rings. The molecule has 0 aromatic carbocycles. The Labute approximate surface area is 129 Å². The Balaban J connectivity index is 1.78. The van der Waals surface area contributed by atoms with Gasteiger partial charge in [0.2, 0.25) is 5.88 Å². The van der Waals surface area contributed by atoms with Crippen LogP contribution in [0.5, 0.6) is 0 Å². The van der Waals surface area contributed by atoms with E-state index in [4.69, 9.17) is 9.40 Å². The molecule has 0 saturated carbocycles. The van der Waals surface area contributed by atoms with Crippen molar-refractivity contribution < 1.29 is 4.42 Å². The molecule has 4 rings (SSSR count). The summed E-state index contributed by atoms with van der Waals surface area (Å²) in [4.78, 5) is 11.9. The number of hydrogen-bond donors (Lipinski definition) is 0. The van der Waals surface area contributed by atoms with E-state index in [-0.39, 0.29) is 0 Å². The summed E-state index contributed by atoms with van der Waals surface area (Å²) in [6.07, 6.45) is 6.95. The Bertz CT molecular complexity index is 762. The minimum atomic E-state index is 0.565. The van der Waals surface area contributed by atoms with Gasteiger partial charge >= 0.3 is 0 Å². The number of likely N-dealkylation sites (tertiary alicyclic amines) is 1. The van der Waals surface area contributed by atoms with Gasteiger partial charge < -0.3 is 9.32 Å². The van der Waals surface area contributed by atoms with Crippen molar-refractivity contribution in [2.45, 2.75) is 32.2 Å². The molecule has 0 N–H and O–H groups in total. The first-order valence-corrected chi connectivity index (χ1v) is 7.97.